The number of nitriles is 1. The summed E-state index contributed by atoms with van der Waals surface area (Å²) in [4.78, 5) is 19.2. The maximum atomic E-state index is 13.4. The lowest BCUT2D eigenvalue weighted by Crippen LogP contribution is -2.37. The number of benzene rings is 2. The predicted molar refractivity (Wildman–Crippen MR) is 108 cm³/mol. The Morgan fingerprint density at radius 3 is 2.64 bits per heavy atom. The SMILES string of the molecule is CC(C)N(Cc1ccc(C#N)cc1)C(=O)Cc1csc(-c2cccc(F)c2)n1. The molecule has 0 N–H and O–H groups in total. The molecule has 6 heteroatoms. The number of thiazole rings is 1. The minimum Gasteiger partial charge on any atom is -0.336 e. The molecule has 142 valence electrons. The molecule has 0 bridgehead atoms. The Hall–Kier alpha value is -3.04. The highest BCUT2D eigenvalue weighted by Gasteiger charge is 2.19. The molecular weight excluding hydrogens is 373 g/mol. The molecule has 1 heterocycles. The number of hydrogen-bond donors (Lipinski definition) is 0. The predicted octanol–water partition coefficient (Wildman–Crippen LogP) is 4.80. The van der Waals surface area contributed by atoms with E-state index in [0.29, 0.717) is 28.4 Å². The highest BCUT2D eigenvalue weighted by atomic mass is 32.1. The van der Waals surface area contributed by atoms with Crippen LogP contribution in [0.15, 0.2) is 53.9 Å². The zero-order chi connectivity index (χ0) is 20.1. The second-order valence-electron chi connectivity index (χ2n) is 6.76. The molecule has 0 spiro atoms. The number of nitrogens with zero attached hydrogens (tertiary/aromatic N) is 3. The summed E-state index contributed by atoms with van der Waals surface area (Å²) >= 11 is 1.40. The number of carbonyl (C=O) groups excluding carboxylic acids is 1. The molecule has 0 unspecified atom stereocenters. The lowest BCUT2D eigenvalue weighted by molar-refractivity contribution is -0.132. The van der Waals surface area contributed by atoms with Crippen LogP contribution in [0.1, 0.15) is 30.7 Å². The van der Waals surface area contributed by atoms with Crippen molar-refractivity contribution < 1.29 is 9.18 Å². The van der Waals surface area contributed by atoms with Crippen LogP contribution in [0.2, 0.25) is 0 Å². The van der Waals surface area contributed by atoms with Crippen molar-refractivity contribution in [1.29, 1.82) is 5.26 Å². The molecule has 3 rings (SSSR count). The molecule has 3 aromatic rings. The van der Waals surface area contributed by atoms with Crippen LogP contribution >= 0.6 is 11.3 Å². The summed E-state index contributed by atoms with van der Waals surface area (Å²) in [7, 11) is 0. The lowest BCUT2D eigenvalue weighted by atomic mass is 10.1. The monoisotopic (exact) mass is 393 g/mol. The average Bonchev–Trinajstić information content (AvgIpc) is 3.14. The normalized spacial score (nSPS) is 10.7. The molecular formula is C22H20FN3OS. The van der Waals surface area contributed by atoms with Gasteiger partial charge in [0, 0.05) is 23.5 Å². The van der Waals surface area contributed by atoms with Crippen LogP contribution < -0.4 is 0 Å². The topological polar surface area (TPSA) is 57.0 Å². The van der Waals surface area contributed by atoms with Gasteiger partial charge in [0.1, 0.15) is 10.8 Å². The summed E-state index contributed by atoms with van der Waals surface area (Å²) < 4.78 is 13.4. The van der Waals surface area contributed by atoms with E-state index in [1.807, 2.05) is 31.4 Å². The van der Waals surface area contributed by atoms with Gasteiger partial charge in [-0.15, -0.1) is 11.3 Å². The Bertz CT molecular complexity index is 1010. The highest BCUT2D eigenvalue weighted by molar-refractivity contribution is 7.13. The van der Waals surface area contributed by atoms with Gasteiger partial charge in [-0.2, -0.15) is 5.26 Å². The van der Waals surface area contributed by atoms with Crippen molar-refractivity contribution in [2.45, 2.75) is 32.9 Å². The third-order valence-electron chi connectivity index (χ3n) is 4.34. The van der Waals surface area contributed by atoms with Gasteiger partial charge in [-0.05, 0) is 43.7 Å². The third kappa shape index (κ3) is 4.81. The second kappa shape index (κ2) is 8.77. The van der Waals surface area contributed by atoms with Crippen molar-refractivity contribution in [1.82, 2.24) is 9.88 Å². The van der Waals surface area contributed by atoms with E-state index < -0.39 is 0 Å². The van der Waals surface area contributed by atoms with Crippen molar-refractivity contribution in [2.24, 2.45) is 0 Å². The molecule has 1 amide bonds. The Labute approximate surface area is 167 Å². The van der Waals surface area contributed by atoms with Crippen molar-refractivity contribution >= 4 is 17.2 Å². The third-order valence-corrected chi connectivity index (χ3v) is 5.28. The van der Waals surface area contributed by atoms with Crippen LogP contribution in [-0.4, -0.2) is 21.8 Å². The summed E-state index contributed by atoms with van der Waals surface area (Å²) in [6.45, 7) is 4.42. The van der Waals surface area contributed by atoms with E-state index >= 15 is 0 Å². The number of amides is 1. The van der Waals surface area contributed by atoms with Gasteiger partial charge < -0.3 is 4.90 Å². The van der Waals surface area contributed by atoms with Gasteiger partial charge in [0.15, 0.2) is 0 Å². The van der Waals surface area contributed by atoms with Gasteiger partial charge in [-0.1, -0.05) is 24.3 Å². The summed E-state index contributed by atoms with van der Waals surface area (Å²) in [6, 6.07) is 15.7. The molecule has 0 fully saturated rings. The number of carbonyl (C=O) groups is 1. The summed E-state index contributed by atoms with van der Waals surface area (Å²) in [5, 5.41) is 11.5. The van der Waals surface area contributed by atoms with Crippen molar-refractivity contribution in [3.8, 4) is 16.6 Å². The van der Waals surface area contributed by atoms with E-state index in [4.69, 9.17) is 5.26 Å². The Balaban J connectivity index is 1.71. The zero-order valence-electron chi connectivity index (χ0n) is 15.7. The largest absolute Gasteiger partial charge is 0.336 e. The minimum absolute atomic E-state index is 0.0181. The first-order valence-corrected chi connectivity index (χ1v) is 9.83. The van der Waals surface area contributed by atoms with Gasteiger partial charge >= 0.3 is 0 Å². The van der Waals surface area contributed by atoms with Crippen LogP contribution in [0.5, 0.6) is 0 Å². The maximum absolute atomic E-state index is 13.4. The number of rotatable bonds is 6. The summed E-state index contributed by atoms with van der Waals surface area (Å²) in [5.41, 5.74) is 2.96. The molecule has 0 atom stereocenters. The van der Waals surface area contributed by atoms with Gasteiger partial charge in [0.25, 0.3) is 0 Å². The molecule has 0 aliphatic heterocycles. The maximum Gasteiger partial charge on any atom is 0.229 e. The second-order valence-corrected chi connectivity index (χ2v) is 7.61. The number of halogens is 1. The first-order chi connectivity index (χ1) is 13.5. The fourth-order valence-corrected chi connectivity index (χ4v) is 3.66. The Kier molecular flexibility index (Phi) is 6.17. The van der Waals surface area contributed by atoms with Crippen LogP contribution in [-0.2, 0) is 17.8 Å². The van der Waals surface area contributed by atoms with Crippen LogP contribution in [0.4, 0.5) is 4.39 Å². The smallest absolute Gasteiger partial charge is 0.229 e. The molecule has 0 aliphatic rings. The van der Waals surface area contributed by atoms with E-state index in [9.17, 15) is 9.18 Å². The van der Waals surface area contributed by atoms with Gasteiger partial charge in [0.05, 0.1) is 23.7 Å². The molecule has 2 aromatic carbocycles. The van der Waals surface area contributed by atoms with E-state index in [1.165, 1.54) is 23.5 Å². The van der Waals surface area contributed by atoms with Gasteiger partial charge in [-0.25, -0.2) is 9.37 Å². The molecule has 0 aliphatic carbocycles. The van der Waals surface area contributed by atoms with E-state index in [0.717, 1.165) is 5.56 Å². The van der Waals surface area contributed by atoms with E-state index in [2.05, 4.69) is 11.1 Å². The van der Waals surface area contributed by atoms with Crippen LogP contribution in [0.3, 0.4) is 0 Å². The number of aromatic nitrogens is 1. The Morgan fingerprint density at radius 2 is 2.00 bits per heavy atom. The molecule has 28 heavy (non-hydrogen) atoms. The first-order valence-electron chi connectivity index (χ1n) is 8.95. The van der Waals surface area contributed by atoms with Gasteiger partial charge in [-0.3, -0.25) is 4.79 Å². The summed E-state index contributed by atoms with van der Waals surface area (Å²) in [5.74, 6) is -0.325. The quantitative estimate of drug-likeness (QED) is 0.604. The van der Waals surface area contributed by atoms with E-state index in [1.54, 1.807) is 29.2 Å². The number of hydrogen-bond acceptors (Lipinski definition) is 4. The van der Waals surface area contributed by atoms with E-state index in [-0.39, 0.29) is 24.2 Å². The fraction of sp³-hybridized carbons (Fsp3) is 0.227. The molecule has 0 radical (unpaired) electrons. The first kappa shape index (κ1) is 19.7. The molecule has 0 saturated carbocycles. The average molecular weight is 393 g/mol. The molecule has 0 saturated heterocycles. The van der Waals surface area contributed by atoms with Crippen molar-refractivity contribution in [3.63, 3.8) is 0 Å². The van der Waals surface area contributed by atoms with Crippen molar-refractivity contribution in [3.05, 3.63) is 76.5 Å². The van der Waals surface area contributed by atoms with Crippen LogP contribution in [0.25, 0.3) is 10.6 Å². The Morgan fingerprint density at radius 1 is 1.25 bits per heavy atom. The standard InChI is InChI=1S/C22H20FN3OS/c1-15(2)26(13-17-8-6-16(12-24)7-9-17)21(27)11-20-14-28-22(25-20)18-4-3-5-19(23)10-18/h3-10,14-15H,11,13H2,1-2H3. The zero-order valence-corrected chi connectivity index (χ0v) is 16.5. The molecule has 4 nitrogen and oxygen atoms in total. The van der Waals surface area contributed by atoms with Crippen LogP contribution in [0, 0.1) is 17.1 Å². The highest BCUT2D eigenvalue weighted by Crippen LogP contribution is 2.25. The minimum atomic E-state index is -0.307. The lowest BCUT2D eigenvalue weighted by Gasteiger charge is -2.26. The van der Waals surface area contributed by atoms with Gasteiger partial charge in [0.2, 0.25) is 5.91 Å². The molecule has 1 aromatic heterocycles. The fourth-order valence-electron chi connectivity index (χ4n) is 2.84. The summed E-state index contributed by atoms with van der Waals surface area (Å²) in [6.07, 6.45) is 0.195. The van der Waals surface area contributed by atoms with Crippen molar-refractivity contribution in [2.75, 3.05) is 0 Å².